The molecule has 4 rings (SSSR count). The lowest BCUT2D eigenvalue weighted by molar-refractivity contribution is -0.118. The molecule has 0 aliphatic carbocycles. The predicted molar refractivity (Wildman–Crippen MR) is 120 cm³/mol. The van der Waals surface area contributed by atoms with Crippen LogP contribution in [-0.2, 0) is 17.8 Å². The number of anilines is 1. The van der Waals surface area contributed by atoms with Crippen LogP contribution in [0.1, 0.15) is 24.5 Å². The summed E-state index contributed by atoms with van der Waals surface area (Å²) in [5.41, 5.74) is 2.32. The van der Waals surface area contributed by atoms with E-state index in [1.165, 1.54) is 0 Å². The minimum Gasteiger partial charge on any atom is -0.455 e. The van der Waals surface area contributed by atoms with Crippen LogP contribution < -0.4 is 15.0 Å². The molecule has 0 spiro atoms. The number of aromatic nitrogens is 1. The van der Waals surface area contributed by atoms with Gasteiger partial charge in [-0.05, 0) is 42.8 Å². The summed E-state index contributed by atoms with van der Waals surface area (Å²) in [5, 5.41) is 3.44. The second kappa shape index (κ2) is 9.18. The summed E-state index contributed by atoms with van der Waals surface area (Å²) >= 11 is 6.20. The van der Waals surface area contributed by atoms with Crippen LogP contribution in [0.3, 0.4) is 0 Å². The molecule has 2 aromatic carbocycles. The molecule has 6 nitrogen and oxygen atoms in total. The summed E-state index contributed by atoms with van der Waals surface area (Å²) < 4.78 is 6.03. The number of carbonyl (C=O) groups is 2. The molecule has 1 N–H and O–H groups in total. The number of Topliss-reactive ketones (excluding diaryl/α,β-unsaturated/α-hetero) is 1. The van der Waals surface area contributed by atoms with Gasteiger partial charge in [-0.3, -0.25) is 14.7 Å². The lowest BCUT2D eigenvalue weighted by atomic mass is 10.1. The van der Waals surface area contributed by atoms with Crippen LogP contribution in [0, 0.1) is 0 Å². The molecule has 0 saturated carbocycles. The zero-order valence-corrected chi connectivity index (χ0v) is 17.8. The number of ether oxygens (including phenoxy) is 1. The maximum atomic E-state index is 13.2. The van der Waals surface area contributed by atoms with Crippen molar-refractivity contribution in [1.29, 1.82) is 0 Å². The van der Waals surface area contributed by atoms with Crippen molar-refractivity contribution in [3.05, 3.63) is 83.1 Å². The summed E-state index contributed by atoms with van der Waals surface area (Å²) in [6, 6.07) is 15.8. The molecule has 0 bridgehead atoms. The van der Waals surface area contributed by atoms with Crippen molar-refractivity contribution >= 4 is 29.1 Å². The SMILES string of the molecule is CC(CC(=O)Cc1cccnc1)NC(=O)N1Cc2ccccc2Oc2ccc(Cl)cc21. The number of ketones is 1. The number of amides is 2. The summed E-state index contributed by atoms with van der Waals surface area (Å²) in [4.78, 5) is 31.2. The van der Waals surface area contributed by atoms with Crippen LogP contribution in [-0.4, -0.2) is 22.8 Å². The topological polar surface area (TPSA) is 71.5 Å². The maximum absolute atomic E-state index is 13.2. The van der Waals surface area contributed by atoms with E-state index in [1.54, 1.807) is 41.6 Å². The van der Waals surface area contributed by atoms with Gasteiger partial charge in [0.25, 0.3) is 0 Å². The van der Waals surface area contributed by atoms with Crippen molar-refractivity contribution in [3.8, 4) is 11.5 Å². The highest BCUT2D eigenvalue weighted by atomic mass is 35.5. The highest BCUT2D eigenvalue weighted by molar-refractivity contribution is 6.31. The number of carbonyl (C=O) groups excluding carboxylic acids is 2. The molecule has 0 fully saturated rings. The molecule has 2 amide bonds. The molecule has 158 valence electrons. The third kappa shape index (κ3) is 5.03. The van der Waals surface area contributed by atoms with E-state index in [-0.39, 0.29) is 30.7 Å². The molecule has 1 aromatic heterocycles. The maximum Gasteiger partial charge on any atom is 0.322 e. The Morgan fingerprint density at radius 2 is 2.00 bits per heavy atom. The first-order valence-corrected chi connectivity index (χ1v) is 10.4. The molecule has 1 aliphatic rings. The number of nitrogens with zero attached hydrogens (tertiary/aromatic N) is 2. The van der Waals surface area contributed by atoms with Gasteiger partial charge in [-0.15, -0.1) is 0 Å². The fraction of sp³-hybridized carbons (Fsp3) is 0.208. The van der Waals surface area contributed by atoms with E-state index in [0.29, 0.717) is 28.8 Å². The first-order chi connectivity index (χ1) is 15.0. The summed E-state index contributed by atoms with van der Waals surface area (Å²) in [6.07, 6.45) is 3.86. The number of halogens is 1. The van der Waals surface area contributed by atoms with Crippen molar-refractivity contribution in [1.82, 2.24) is 10.3 Å². The fourth-order valence-corrected chi connectivity index (χ4v) is 3.73. The monoisotopic (exact) mass is 435 g/mol. The van der Waals surface area contributed by atoms with E-state index in [4.69, 9.17) is 16.3 Å². The minimum absolute atomic E-state index is 0.0359. The predicted octanol–water partition coefficient (Wildman–Crippen LogP) is 5.15. The Kier molecular flexibility index (Phi) is 6.18. The average Bonchev–Trinajstić information content (AvgIpc) is 2.90. The zero-order valence-electron chi connectivity index (χ0n) is 17.0. The standard InChI is InChI=1S/C24H22ClN3O3/c1-16(11-20(29)12-17-5-4-10-26-14-17)27-24(30)28-15-18-6-2-3-7-22(18)31-23-9-8-19(25)13-21(23)28/h2-10,13-14,16H,11-12,15H2,1H3,(H,27,30). The average molecular weight is 436 g/mol. The molecule has 31 heavy (non-hydrogen) atoms. The van der Waals surface area contributed by atoms with Gasteiger partial charge >= 0.3 is 6.03 Å². The van der Waals surface area contributed by atoms with Gasteiger partial charge in [0.1, 0.15) is 11.5 Å². The molecule has 1 atom stereocenters. The van der Waals surface area contributed by atoms with E-state index in [1.807, 2.05) is 37.3 Å². The Labute approximate surface area is 185 Å². The number of benzene rings is 2. The minimum atomic E-state index is -0.335. The smallest absolute Gasteiger partial charge is 0.322 e. The van der Waals surface area contributed by atoms with Crippen molar-refractivity contribution in [2.45, 2.75) is 32.4 Å². The van der Waals surface area contributed by atoms with Crippen molar-refractivity contribution < 1.29 is 14.3 Å². The molecule has 2 heterocycles. The van der Waals surface area contributed by atoms with Crippen molar-refractivity contribution in [2.24, 2.45) is 0 Å². The Bertz CT molecular complexity index is 1100. The largest absolute Gasteiger partial charge is 0.455 e. The van der Waals surface area contributed by atoms with Crippen LogP contribution in [0.2, 0.25) is 5.02 Å². The van der Waals surface area contributed by atoms with E-state index < -0.39 is 0 Å². The molecule has 3 aromatic rings. The van der Waals surface area contributed by atoms with E-state index >= 15 is 0 Å². The first kappa shape index (κ1) is 20.9. The lowest BCUT2D eigenvalue weighted by Gasteiger charge is -2.25. The van der Waals surface area contributed by atoms with E-state index in [2.05, 4.69) is 10.3 Å². The molecule has 1 unspecified atom stereocenters. The van der Waals surface area contributed by atoms with E-state index in [9.17, 15) is 9.59 Å². The van der Waals surface area contributed by atoms with Gasteiger partial charge in [-0.2, -0.15) is 0 Å². The highest BCUT2D eigenvalue weighted by Gasteiger charge is 2.26. The fourth-order valence-electron chi connectivity index (χ4n) is 3.56. The van der Waals surface area contributed by atoms with Gasteiger partial charge in [0.15, 0.2) is 5.75 Å². The Morgan fingerprint density at radius 1 is 1.16 bits per heavy atom. The summed E-state index contributed by atoms with van der Waals surface area (Å²) in [7, 11) is 0. The quantitative estimate of drug-likeness (QED) is 0.601. The highest BCUT2D eigenvalue weighted by Crippen LogP contribution is 2.40. The number of rotatable bonds is 5. The van der Waals surface area contributed by atoms with Crippen molar-refractivity contribution in [3.63, 3.8) is 0 Å². The third-order valence-electron chi connectivity index (χ3n) is 5.01. The Balaban J connectivity index is 1.49. The molecular weight excluding hydrogens is 414 g/mol. The van der Waals surface area contributed by atoms with Crippen LogP contribution in [0.5, 0.6) is 11.5 Å². The number of nitrogens with one attached hydrogen (secondary N) is 1. The Morgan fingerprint density at radius 3 is 2.81 bits per heavy atom. The van der Waals surface area contributed by atoms with Gasteiger partial charge in [0.05, 0.1) is 12.2 Å². The number of pyridine rings is 1. The van der Waals surface area contributed by atoms with Gasteiger partial charge in [0, 0.05) is 41.9 Å². The number of urea groups is 1. The normalized spacial score (nSPS) is 13.3. The van der Waals surface area contributed by atoms with Gasteiger partial charge in [0.2, 0.25) is 0 Å². The van der Waals surface area contributed by atoms with Crippen LogP contribution in [0.4, 0.5) is 10.5 Å². The zero-order chi connectivity index (χ0) is 21.8. The van der Waals surface area contributed by atoms with Gasteiger partial charge in [-0.25, -0.2) is 4.79 Å². The summed E-state index contributed by atoms with van der Waals surface area (Å²) in [5.74, 6) is 1.28. The van der Waals surface area contributed by atoms with Gasteiger partial charge < -0.3 is 10.1 Å². The van der Waals surface area contributed by atoms with Crippen molar-refractivity contribution in [2.75, 3.05) is 4.90 Å². The van der Waals surface area contributed by atoms with Gasteiger partial charge in [-0.1, -0.05) is 35.9 Å². The second-order valence-electron chi connectivity index (χ2n) is 7.54. The molecule has 1 aliphatic heterocycles. The molecule has 0 saturated heterocycles. The van der Waals surface area contributed by atoms with E-state index in [0.717, 1.165) is 11.1 Å². The first-order valence-electron chi connectivity index (χ1n) is 10.0. The molecule has 7 heteroatoms. The number of para-hydroxylation sites is 1. The van der Waals surface area contributed by atoms with Crippen LogP contribution in [0.15, 0.2) is 67.0 Å². The second-order valence-corrected chi connectivity index (χ2v) is 7.98. The number of hydrogen-bond acceptors (Lipinski definition) is 4. The Hall–Kier alpha value is -3.38. The van der Waals surface area contributed by atoms with Crippen LogP contribution in [0.25, 0.3) is 0 Å². The lowest BCUT2D eigenvalue weighted by Crippen LogP contribution is -2.44. The molecule has 0 radical (unpaired) electrons. The number of hydrogen-bond donors (Lipinski definition) is 1. The number of fused-ring (bicyclic) bond motifs is 2. The molecular formula is C24H22ClN3O3. The van der Waals surface area contributed by atoms with Crippen LogP contribution >= 0.6 is 11.6 Å². The summed E-state index contributed by atoms with van der Waals surface area (Å²) in [6.45, 7) is 2.14. The third-order valence-corrected chi connectivity index (χ3v) is 5.24.